The highest BCUT2D eigenvalue weighted by atomic mass is 16.4. The van der Waals surface area contributed by atoms with Crippen molar-refractivity contribution in [1.82, 2.24) is 36.1 Å². The first-order valence-corrected chi connectivity index (χ1v) is 21.0. The van der Waals surface area contributed by atoms with E-state index in [1.807, 2.05) is 6.92 Å². The zero-order valence-electron chi connectivity index (χ0n) is 35.1. The maximum atomic E-state index is 14.3. The maximum absolute atomic E-state index is 14.3. The van der Waals surface area contributed by atoms with Crippen molar-refractivity contribution >= 4 is 58.3 Å². The number of rotatable bonds is 20. The number of aromatic nitrogens is 1. The van der Waals surface area contributed by atoms with Crippen LogP contribution in [-0.4, -0.2) is 145 Å². The molecule has 0 radical (unpaired) electrons. The lowest BCUT2D eigenvalue weighted by atomic mass is 9.96. The van der Waals surface area contributed by atoms with E-state index in [1.54, 1.807) is 49.5 Å². The summed E-state index contributed by atoms with van der Waals surface area (Å²) in [6, 6.07) is 4.07. The number of carbonyl (C=O) groups excluding carboxylic acids is 6. The van der Waals surface area contributed by atoms with Gasteiger partial charge in [-0.3, -0.25) is 33.6 Å². The maximum Gasteiger partial charge on any atom is 0.326 e. The van der Waals surface area contributed by atoms with Crippen LogP contribution in [0.2, 0.25) is 0 Å². The van der Waals surface area contributed by atoms with Crippen molar-refractivity contribution in [2.75, 3.05) is 19.7 Å². The molecule has 3 aromatic rings. The van der Waals surface area contributed by atoms with Gasteiger partial charge in [0.2, 0.25) is 35.4 Å². The van der Waals surface area contributed by atoms with Crippen LogP contribution in [0.25, 0.3) is 10.9 Å². The molecule has 2 saturated heterocycles. The lowest BCUT2D eigenvalue weighted by molar-refractivity contribution is -0.146. The minimum Gasteiger partial charge on any atom is -0.508 e. The smallest absolute Gasteiger partial charge is 0.326 e. The van der Waals surface area contributed by atoms with Gasteiger partial charge in [-0.1, -0.05) is 50.6 Å². The molecule has 0 aliphatic carbocycles. The first-order chi connectivity index (χ1) is 30.0. The summed E-state index contributed by atoms with van der Waals surface area (Å²) in [5, 5.41) is 49.8. The number of aliphatic hydroxyl groups is 1. The Morgan fingerprint density at radius 3 is 1.98 bits per heavy atom. The second kappa shape index (κ2) is 21.5. The fraction of sp³-hybridized carbons (Fsp3) is 0.488. The van der Waals surface area contributed by atoms with Crippen molar-refractivity contribution in [2.45, 2.75) is 108 Å². The van der Waals surface area contributed by atoms with Crippen molar-refractivity contribution in [1.29, 1.82) is 0 Å². The Morgan fingerprint density at radius 2 is 1.38 bits per heavy atom. The van der Waals surface area contributed by atoms with E-state index >= 15 is 0 Å². The number of phenols is 1. The fourth-order valence-electron chi connectivity index (χ4n) is 7.99. The molecule has 11 N–H and O–H groups in total. The van der Waals surface area contributed by atoms with E-state index in [1.165, 1.54) is 21.9 Å². The average molecular weight is 877 g/mol. The summed E-state index contributed by atoms with van der Waals surface area (Å²) < 4.78 is 0. The van der Waals surface area contributed by atoms with Gasteiger partial charge in [-0.05, 0) is 60.9 Å². The summed E-state index contributed by atoms with van der Waals surface area (Å²) in [7, 11) is 0. The molecule has 340 valence electrons. The number of H-pyrrole nitrogens is 1. The topological polar surface area (TPSA) is 314 Å². The number of fused-ring (bicyclic) bond motifs is 1. The number of aliphatic hydroxyl groups excluding tert-OH is 1. The van der Waals surface area contributed by atoms with Gasteiger partial charge >= 0.3 is 11.9 Å². The molecule has 20 heteroatoms. The number of benzene rings is 2. The van der Waals surface area contributed by atoms with Gasteiger partial charge in [-0.15, -0.1) is 0 Å². The molecule has 2 fully saturated rings. The van der Waals surface area contributed by atoms with Crippen molar-refractivity contribution < 1.29 is 58.8 Å². The van der Waals surface area contributed by atoms with E-state index in [2.05, 4.69) is 26.3 Å². The summed E-state index contributed by atoms with van der Waals surface area (Å²) in [5.41, 5.74) is 7.65. The molecule has 0 unspecified atom stereocenters. The number of aromatic amines is 1. The summed E-state index contributed by atoms with van der Waals surface area (Å²) in [4.78, 5) is 112. The van der Waals surface area contributed by atoms with Crippen LogP contribution >= 0.6 is 0 Å². The Labute approximate surface area is 362 Å². The molecule has 20 nitrogen and oxygen atoms in total. The fourth-order valence-corrected chi connectivity index (χ4v) is 7.99. The Kier molecular flexibility index (Phi) is 16.2. The van der Waals surface area contributed by atoms with Gasteiger partial charge in [0.25, 0.3) is 0 Å². The molecule has 2 aliphatic rings. The molecule has 2 aromatic carbocycles. The molecule has 0 spiro atoms. The number of aliphatic carboxylic acids is 2. The highest BCUT2D eigenvalue weighted by molar-refractivity contribution is 5.98. The SMILES string of the molecule is CC[C@H](C)[C@H](NC(=O)[C@@H]1CCCN1C(=O)[C@H](Cc1ccc(O)cc1)NC(=O)[C@@H](N)CO)C(=O)N1CCC[C@H]1C(=O)N[C@@H](CC(=O)O)C(=O)N[C@@H](Cc1c[nH]c2ccccc12)C(=O)O. The van der Waals surface area contributed by atoms with E-state index in [4.69, 9.17) is 5.73 Å². The van der Waals surface area contributed by atoms with Crippen LogP contribution in [0.4, 0.5) is 0 Å². The summed E-state index contributed by atoms with van der Waals surface area (Å²) in [5.74, 6) is -7.82. The number of para-hydroxylation sites is 1. The molecular formula is C43H56N8O12. The molecule has 0 saturated carbocycles. The molecule has 1 aromatic heterocycles. The lowest BCUT2D eigenvalue weighted by Crippen LogP contribution is -2.60. The highest BCUT2D eigenvalue weighted by Crippen LogP contribution is 2.25. The zero-order valence-corrected chi connectivity index (χ0v) is 35.1. The van der Waals surface area contributed by atoms with E-state index in [-0.39, 0.29) is 44.5 Å². The third-order valence-corrected chi connectivity index (χ3v) is 11.7. The first kappa shape index (κ1) is 47.5. The Hall–Kier alpha value is -6.54. The monoisotopic (exact) mass is 876 g/mol. The predicted octanol–water partition coefficient (Wildman–Crippen LogP) is -0.495. The number of likely N-dealkylation sites (tertiary alicyclic amines) is 2. The average Bonchev–Trinajstić information content (AvgIpc) is 4.05. The second-order valence-corrected chi connectivity index (χ2v) is 16.1. The number of hydrogen-bond donors (Lipinski definition) is 10. The zero-order chi connectivity index (χ0) is 46.0. The van der Waals surface area contributed by atoms with E-state index in [0.29, 0.717) is 30.4 Å². The van der Waals surface area contributed by atoms with Crippen LogP contribution in [0.15, 0.2) is 54.7 Å². The molecule has 8 atom stereocenters. The number of amides is 6. The number of aromatic hydroxyl groups is 1. The molecule has 3 heterocycles. The molecule has 6 amide bonds. The normalized spacial score (nSPS) is 19.0. The van der Waals surface area contributed by atoms with Gasteiger partial charge in [-0.25, -0.2) is 4.79 Å². The van der Waals surface area contributed by atoms with E-state index in [9.17, 15) is 58.8 Å². The van der Waals surface area contributed by atoms with Gasteiger partial charge in [0.05, 0.1) is 13.0 Å². The molecule has 0 bridgehead atoms. The van der Waals surface area contributed by atoms with Crippen LogP contribution in [0, 0.1) is 5.92 Å². The van der Waals surface area contributed by atoms with Crippen LogP contribution in [-0.2, 0) is 51.2 Å². The van der Waals surface area contributed by atoms with Crippen molar-refractivity contribution in [3.05, 3.63) is 65.9 Å². The Morgan fingerprint density at radius 1 is 0.778 bits per heavy atom. The number of carbonyl (C=O) groups is 8. The number of carboxylic acids is 2. The standard InChI is InChI=1S/C43H56N8O12/c1-3-23(2)36(49-40(59)34-11-6-16-50(34)41(60)31(47-37(56)28(44)22-52)18-24-12-14-26(53)15-13-24)42(61)51-17-7-10-33(51)39(58)46-30(20-35(54)55)38(57)48-32(43(62)63)19-25-21-45-29-9-5-4-8-27(25)29/h4-5,8-9,12-15,21,23,28,30-34,36,45,52-53H,3,6-7,10-11,16-20,22,44H2,1-2H3,(H,46,58)(H,47,56)(H,48,57)(H,49,59)(H,54,55)(H,62,63)/t23-,28-,30-,31-,32-,33-,34-,36-/m0/s1. The molecule has 63 heavy (non-hydrogen) atoms. The minimum absolute atomic E-state index is 0.00937. The molecule has 2 aliphatic heterocycles. The quantitative estimate of drug-likeness (QED) is 0.0686. The summed E-state index contributed by atoms with van der Waals surface area (Å²) in [6.45, 7) is 3.13. The van der Waals surface area contributed by atoms with Gasteiger partial charge in [0, 0.05) is 43.0 Å². The number of carboxylic acid groups (broad SMARTS) is 2. The van der Waals surface area contributed by atoms with Crippen molar-refractivity contribution in [3.8, 4) is 5.75 Å². The number of phenolic OH excluding ortho intramolecular Hbond substituents is 1. The van der Waals surface area contributed by atoms with Crippen LogP contribution in [0.1, 0.15) is 63.5 Å². The number of nitrogens with two attached hydrogens (primary N) is 1. The van der Waals surface area contributed by atoms with Gasteiger partial charge < -0.3 is 62.2 Å². The van der Waals surface area contributed by atoms with E-state index < -0.39 is 109 Å². The molecule has 5 rings (SSSR count). The van der Waals surface area contributed by atoms with Crippen molar-refractivity contribution in [3.63, 3.8) is 0 Å². The first-order valence-electron chi connectivity index (χ1n) is 21.0. The Bertz CT molecular complexity index is 2160. The highest BCUT2D eigenvalue weighted by Gasteiger charge is 2.43. The van der Waals surface area contributed by atoms with Gasteiger partial charge in [0.1, 0.15) is 48.0 Å². The Balaban J connectivity index is 1.28. The van der Waals surface area contributed by atoms with Crippen LogP contribution < -0.4 is 27.0 Å². The largest absolute Gasteiger partial charge is 0.508 e. The second-order valence-electron chi connectivity index (χ2n) is 16.1. The number of nitrogens with one attached hydrogen (secondary N) is 5. The number of hydrogen-bond acceptors (Lipinski definition) is 11. The lowest BCUT2D eigenvalue weighted by Gasteiger charge is -2.34. The third kappa shape index (κ3) is 11.9. The van der Waals surface area contributed by atoms with Crippen molar-refractivity contribution in [2.24, 2.45) is 11.7 Å². The minimum atomic E-state index is -1.70. The van der Waals surface area contributed by atoms with Crippen LogP contribution in [0.5, 0.6) is 5.75 Å². The summed E-state index contributed by atoms with van der Waals surface area (Å²) in [6.07, 6.45) is 2.17. The molecular weight excluding hydrogens is 821 g/mol. The summed E-state index contributed by atoms with van der Waals surface area (Å²) >= 11 is 0. The predicted molar refractivity (Wildman–Crippen MR) is 225 cm³/mol. The van der Waals surface area contributed by atoms with Gasteiger partial charge in [0.15, 0.2) is 0 Å². The van der Waals surface area contributed by atoms with E-state index in [0.717, 1.165) is 10.9 Å². The van der Waals surface area contributed by atoms with Gasteiger partial charge in [-0.2, -0.15) is 0 Å². The number of nitrogens with zero attached hydrogens (tertiary/aromatic N) is 2. The van der Waals surface area contributed by atoms with Crippen LogP contribution in [0.3, 0.4) is 0 Å². The third-order valence-electron chi connectivity index (χ3n) is 11.7.